The second-order valence-electron chi connectivity index (χ2n) is 6.94. The number of aromatic nitrogens is 4. The zero-order valence-corrected chi connectivity index (χ0v) is 16.5. The Kier molecular flexibility index (Phi) is 5.48. The van der Waals surface area contributed by atoms with E-state index in [-0.39, 0.29) is 28.5 Å². The lowest BCUT2D eigenvalue weighted by Crippen LogP contribution is -2.10. The summed E-state index contributed by atoms with van der Waals surface area (Å²) in [5.74, 6) is -0.0360. The van der Waals surface area contributed by atoms with Crippen molar-refractivity contribution in [1.82, 2.24) is 19.9 Å². The monoisotopic (exact) mass is 461 g/mol. The number of rotatable bonds is 3. The Bertz CT molecular complexity index is 1300. The third kappa shape index (κ3) is 4.92. The highest BCUT2D eigenvalue weighted by Gasteiger charge is 2.34. The minimum absolute atomic E-state index is 0.129. The number of halogens is 6. The third-order valence-corrected chi connectivity index (χ3v) is 4.60. The van der Waals surface area contributed by atoms with E-state index in [4.69, 9.17) is 5.73 Å². The van der Waals surface area contributed by atoms with Gasteiger partial charge in [0.2, 0.25) is 0 Å². The average molecular weight is 461 g/mol. The van der Waals surface area contributed by atoms with Gasteiger partial charge in [-0.25, -0.2) is 15.0 Å². The molecule has 0 aliphatic carbocycles. The number of nitrogen functional groups attached to an aromatic ring is 1. The van der Waals surface area contributed by atoms with E-state index in [1.165, 1.54) is 36.7 Å². The van der Waals surface area contributed by atoms with Gasteiger partial charge in [-0.1, -0.05) is 12.1 Å². The van der Waals surface area contributed by atoms with Gasteiger partial charge < -0.3 is 5.73 Å². The van der Waals surface area contributed by atoms with E-state index in [0.717, 1.165) is 18.2 Å². The van der Waals surface area contributed by atoms with Crippen LogP contribution in [0.25, 0.3) is 33.9 Å². The summed E-state index contributed by atoms with van der Waals surface area (Å²) in [5, 5.41) is 0. The van der Waals surface area contributed by atoms with Crippen molar-refractivity contribution in [1.29, 1.82) is 0 Å². The molecule has 3 heterocycles. The molecular formula is C22H13F6N5. The summed E-state index contributed by atoms with van der Waals surface area (Å²) in [7, 11) is 0. The van der Waals surface area contributed by atoms with Crippen molar-refractivity contribution in [3.05, 3.63) is 78.2 Å². The first-order valence-electron chi connectivity index (χ1n) is 9.33. The van der Waals surface area contributed by atoms with Crippen molar-refractivity contribution in [2.75, 3.05) is 5.73 Å². The summed E-state index contributed by atoms with van der Waals surface area (Å²) in [4.78, 5) is 15.8. The highest BCUT2D eigenvalue weighted by atomic mass is 19.4. The van der Waals surface area contributed by atoms with Crippen molar-refractivity contribution in [2.24, 2.45) is 0 Å². The van der Waals surface area contributed by atoms with Crippen LogP contribution in [0.15, 0.2) is 67.0 Å². The molecule has 0 unspecified atom stereocenters. The molecule has 1 aromatic carbocycles. The van der Waals surface area contributed by atoms with Gasteiger partial charge in [-0.05, 0) is 42.5 Å². The van der Waals surface area contributed by atoms with Crippen molar-refractivity contribution in [2.45, 2.75) is 12.4 Å². The highest BCUT2D eigenvalue weighted by molar-refractivity contribution is 5.69. The quantitative estimate of drug-likeness (QED) is 0.385. The summed E-state index contributed by atoms with van der Waals surface area (Å²) in [6.45, 7) is 0. The molecule has 0 amide bonds. The van der Waals surface area contributed by atoms with Crippen LogP contribution in [0, 0.1) is 0 Å². The van der Waals surface area contributed by atoms with Crippen molar-refractivity contribution >= 4 is 5.82 Å². The van der Waals surface area contributed by atoms with Crippen molar-refractivity contribution < 1.29 is 26.3 Å². The van der Waals surface area contributed by atoms with Crippen LogP contribution in [0.4, 0.5) is 32.2 Å². The number of nitrogens with zero attached hydrogens (tertiary/aromatic N) is 4. The molecule has 0 spiro atoms. The Morgan fingerprint density at radius 2 is 1.45 bits per heavy atom. The molecule has 0 saturated carbocycles. The zero-order chi connectivity index (χ0) is 23.8. The van der Waals surface area contributed by atoms with Crippen molar-refractivity contribution in [3.8, 4) is 33.9 Å². The first kappa shape index (κ1) is 22.2. The maximum absolute atomic E-state index is 13.5. The van der Waals surface area contributed by atoms with E-state index in [1.807, 2.05) is 0 Å². The van der Waals surface area contributed by atoms with Gasteiger partial charge in [0.15, 0.2) is 5.82 Å². The lowest BCUT2D eigenvalue weighted by atomic mass is 10.1. The number of anilines is 1. The zero-order valence-electron chi connectivity index (χ0n) is 16.5. The largest absolute Gasteiger partial charge is 0.433 e. The molecule has 168 valence electrons. The van der Waals surface area contributed by atoms with E-state index in [0.29, 0.717) is 17.3 Å². The summed E-state index contributed by atoms with van der Waals surface area (Å²) in [5.41, 5.74) is 3.97. The third-order valence-electron chi connectivity index (χ3n) is 4.60. The normalized spacial score (nSPS) is 12.1. The van der Waals surface area contributed by atoms with Gasteiger partial charge in [-0.15, -0.1) is 0 Å². The molecular weight excluding hydrogens is 448 g/mol. The molecule has 5 nitrogen and oxygen atoms in total. The first-order chi connectivity index (χ1) is 15.5. The molecule has 0 fully saturated rings. The van der Waals surface area contributed by atoms with Gasteiger partial charge in [-0.2, -0.15) is 26.3 Å². The standard InChI is InChI=1S/C22H13F6N5/c23-21(24,25)15-3-1-2-12(8-15)17-10-18(22(26,27)28)33-20(32-17)13-6-7-30-16(9-13)14-4-5-19(29)31-11-14/h1-11H,(H2,29,31). The first-order valence-corrected chi connectivity index (χ1v) is 9.33. The summed E-state index contributed by atoms with van der Waals surface area (Å²) < 4.78 is 79.9. The predicted molar refractivity (Wildman–Crippen MR) is 108 cm³/mol. The van der Waals surface area contributed by atoms with Crippen LogP contribution in [0.3, 0.4) is 0 Å². The van der Waals surface area contributed by atoms with Crippen LogP contribution in [-0.4, -0.2) is 19.9 Å². The summed E-state index contributed by atoms with van der Waals surface area (Å²) >= 11 is 0. The lowest BCUT2D eigenvalue weighted by Gasteiger charge is -2.13. The molecule has 0 saturated heterocycles. The fourth-order valence-corrected chi connectivity index (χ4v) is 3.01. The molecule has 3 aromatic heterocycles. The van der Waals surface area contributed by atoms with E-state index >= 15 is 0 Å². The number of alkyl halides is 6. The van der Waals surface area contributed by atoms with Crippen LogP contribution in [0.2, 0.25) is 0 Å². The van der Waals surface area contributed by atoms with E-state index in [1.54, 1.807) is 6.07 Å². The number of pyridine rings is 2. The molecule has 0 bridgehead atoms. The number of hydrogen-bond acceptors (Lipinski definition) is 5. The summed E-state index contributed by atoms with van der Waals surface area (Å²) in [6.07, 6.45) is -6.70. The number of benzene rings is 1. The Morgan fingerprint density at radius 3 is 2.12 bits per heavy atom. The fraction of sp³-hybridized carbons (Fsp3) is 0.0909. The fourth-order valence-electron chi connectivity index (χ4n) is 3.01. The van der Waals surface area contributed by atoms with Crippen LogP contribution >= 0.6 is 0 Å². The second kappa shape index (κ2) is 8.15. The van der Waals surface area contributed by atoms with Gasteiger partial charge in [0, 0.05) is 29.1 Å². The molecule has 0 aliphatic heterocycles. The molecule has 2 N–H and O–H groups in total. The van der Waals surface area contributed by atoms with Gasteiger partial charge >= 0.3 is 12.4 Å². The van der Waals surface area contributed by atoms with Crippen LogP contribution in [0.1, 0.15) is 11.3 Å². The molecule has 4 aromatic rings. The molecule has 11 heteroatoms. The van der Waals surface area contributed by atoms with E-state index in [2.05, 4.69) is 19.9 Å². The molecule has 0 aliphatic rings. The molecule has 33 heavy (non-hydrogen) atoms. The Balaban J connectivity index is 1.85. The van der Waals surface area contributed by atoms with Crippen LogP contribution in [-0.2, 0) is 12.4 Å². The second-order valence-corrected chi connectivity index (χ2v) is 6.94. The molecule has 0 atom stereocenters. The lowest BCUT2D eigenvalue weighted by molar-refractivity contribution is -0.141. The van der Waals surface area contributed by atoms with Gasteiger partial charge in [-0.3, -0.25) is 4.98 Å². The Morgan fingerprint density at radius 1 is 0.667 bits per heavy atom. The predicted octanol–water partition coefficient (Wildman–Crippen LogP) is 5.89. The highest BCUT2D eigenvalue weighted by Crippen LogP contribution is 2.35. The smallest absolute Gasteiger partial charge is 0.384 e. The minimum Gasteiger partial charge on any atom is -0.384 e. The Labute approximate surface area is 183 Å². The maximum Gasteiger partial charge on any atom is 0.433 e. The van der Waals surface area contributed by atoms with Crippen molar-refractivity contribution in [3.63, 3.8) is 0 Å². The van der Waals surface area contributed by atoms with E-state index in [9.17, 15) is 26.3 Å². The van der Waals surface area contributed by atoms with Crippen LogP contribution in [0.5, 0.6) is 0 Å². The van der Waals surface area contributed by atoms with Gasteiger partial charge in [0.1, 0.15) is 11.5 Å². The minimum atomic E-state index is -4.84. The van der Waals surface area contributed by atoms with Gasteiger partial charge in [0.25, 0.3) is 0 Å². The SMILES string of the molecule is Nc1ccc(-c2cc(-c3nc(-c4cccc(C(F)(F)F)c4)cc(C(F)(F)F)n3)ccn2)cn1. The maximum atomic E-state index is 13.5. The number of hydrogen-bond donors (Lipinski definition) is 1. The molecule has 4 rings (SSSR count). The Hall–Kier alpha value is -4.02. The average Bonchev–Trinajstić information content (AvgIpc) is 2.78. The van der Waals surface area contributed by atoms with E-state index < -0.39 is 23.6 Å². The van der Waals surface area contributed by atoms with Gasteiger partial charge in [0.05, 0.1) is 17.0 Å². The topological polar surface area (TPSA) is 77.6 Å². The molecule has 0 radical (unpaired) electrons. The number of nitrogens with two attached hydrogens (primary N) is 1. The van der Waals surface area contributed by atoms with Crippen LogP contribution < -0.4 is 5.73 Å². The summed E-state index contributed by atoms with van der Waals surface area (Å²) in [6, 6.07) is 10.6.